The van der Waals surface area contributed by atoms with E-state index in [9.17, 15) is 4.79 Å². The number of hydrogen-bond acceptors (Lipinski definition) is 4. The van der Waals surface area contributed by atoms with Gasteiger partial charge in [-0.25, -0.2) is 0 Å². The van der Waals surface area contributed by atoms with Crippen LogP contribution in [0.3, 0.4) is 0 Å². The van der Waals surface area contributed by atoms with Crippen LogP contribution in [0.5, 0.6) is 0 Å². The van der Waals surface area contributed by atoms with Crippen LogP contribution in [0.1, 0.15) is 35.3 Å². The van der Waals surface area contributed by atoms with Crippen LogP contribution >= 0.6 is 11.6 Å². The Morgan fingerprint density at radius 1 is 1.00 bits per heavy atom. The average Bonchev–Trinajstić information content (AvgIpc) is 3.18. The molecule has 1 saturated heterocycles. The van der Waals surface area contributed by atoms with Crippen molar-refractivity contribution in [1.82, 2.24) is 14.5 Å². The Hall–Kier alpha value is -2.37. The zero-order valence-corrected chi connectivity index (χ0v) is 17.9. The van der Waals surface area contributed by atoms with Crippen LogP contribution in [0.4, 0.5) is 5.69 Å². The molecule has 1 aromatic carbocycles. The van der Waals surface area contributed by atoms with Crippen LogP contribution in [0.2, 0.25) is 5.02 Å². The molecule has 0 bridgehead atoms. The lowest BCUT2D eigenvalue weighted by Crippen LogP contribution is -2.46. The molecular weight excluding hydrogens is 396 g/mol. The minimum atomic E-state index is 0.316. The van der Waals surface area contributed by atoms with Gasteiger partial charge >= 0.3 is 0 Å². The van der Waals surface area contributed by atoms with Crippen LogP contribution < -0.4 is 4.90 Å². The van der Waals surface area contributed by atoms with Gasteiger partial charge in [0, 0.05) is 78.9 Å². The van der Waals surface area contributed by atoms with Gasteiger partial charge in [0.15, 0.2) is 5.78 Å². The number of aryl methyl sites for hydroxylation is 1. The summed E-state index contributed by atoms with van der Waals surface area (Å²) < 4.78 is 2.30. The highest BCUT2D eigenvalue weighted by atomic mass is 35.5. The first-order valence-corrected chi connectivity index (χ1v) is 11.3. The number of Topliss-reactive ketones (excluding diaryl/α,β-unsaturated/α-hetero) is 1. The normalized spacial score (nSPS) is 17.5. The van der Waals surface area contributed by atoms with E-state index in [1.54, 1.807) is 0 Å². The van der Waals surface area contributed by atoms with Gasteiger partial charge in [-0.1, -0.05) is 11.6 Å². The largest absolute Gasteiger partial charge is 0.368 e. The van der Waals surface area contributed by atoms with Crippen molar-refractivity contribution in [2.45, 2.75) is 32.2 Å². The van der Waals surface area contributed by atoms with E-state index in [0.717, 1.165) is 80.0 Å². The van der Waals surface area contributed by atoms with Gasteiger partial charge < -0.3 is 9.47 Å². The minimum Gasteiger partial charge on any atom is -0.368 e. The number of fused-ring (bicyclic) bond motifs is 2. The van der Waals surface area contributed by atoms with Crippen molar-refractivity contribution in [2.24, 2.45) is 0 Å². The Morgan fingerprint density at radius 2 is 1.87 bits per heavy atom. The fourth-order valence-corrected chi connectivity index (χ4v) is 5.03. The standard InChI is InChI=1S/C24H27ClN4O/c25-18-5-6-21-20(17-18)23(7-9-26-21)29-15-13-27(14-16-29)10-2-11-28-12-8-19-22(28)3-1-4-24(19)30/h5-9,12,17H,1-4,10-11,13-16H2. The maximum Gasteiger partial charge on any atom is 0.164 e. The molecule has 0 unspecified atom stereocenters. The number of hydrogen-bond donors (Lipinski definition) is 0. The third kappa shape index (κ3) is 3.84. The Bertz CT molecular complexity index is 1070. The first-order valence-electron chi connectivity index (χ1n) is 10.9. The molecule has 0 radical (unpaired) electrons. The van der Waals surface area contributed by atoms with Gasteiger partial charge in [-0.05, 0) is 56.1 Å². The summed E-state index contributed by atoms with van der Waals surface area (Å²) in [4.78, 5) is 21.5. The maximum absolute atomic E-state index is 12.0. The lowest BCUT2D eigenvalue weighted by atomic mass is 9.97. The molecule has 30 heavy (non-hydrogen) atoms. The van der Waals surface area contributed by atoms with E-state index in [1.165, 1.54) is 11.4 Å². The van der Waals surface area contributed by atoms with Crippen molar-refractivity contribution in [3.05, 3.63) is 59.0 Å². The second-order valence-electron chi connectivity index (χ2n) is 8.32. The third-order valence-electron chi connectivity index (χ3n) is 6.46. The van der Waals surface area contributed by atoms with Crippen molar-refractivity contribution in [1.29, 1.82) is 0 Å². The number of anilines is 1. The number of carbonyl (C=O) groups excluding carboxylic acids is 1. The number of ketones is 1. The lowest BCUT2D eigenvalue weighted by molar-refractivity contribution is 0.0971. The average molecular weight is 423 g/mol. The number of piperazine rings is 1. The van der Waals surface area contributed by atoms with Crippen molar-refractivity contribution in [2.75, 3.05) is 37.6 Å². The monoisotopic (exact) mass is 422 g/mol. The molecule has 1 fully saturated rings. The Morgan fingerprint density at radius 3 is 2.73 bits per heavy atom. The van der Waals surface area contributed by atoms with E-state index >= 15 is 0 Å². The topological polar surface area (TPSA) is 41.4 Å². The van der Waals surface area contributed by atoms with Crippen LogP contribution in [0, 0.1) is 0 Å². The quantitative estimate of drug-likeness (QED) is 0.610. The van der Waals surface area contributed by atoms with Crippen molar-refractivity contribution >= 4 is 34.0 Å². The molecule has 5 rings (SSSR count). The number of pyridine rings is 1. The molecule has 0 amide bonds. The van der Waals surface area contributed by atoms with E-state index in [2.05, 4.69) is 31.6 Å². The fourth-order valence-electron chi connectivity index (χ4n) is 4.85. The molecule has 3 aromatic rings. The molecule has 0 N–H and O–H groups in total. The number of carbonyl (C=O) groups is 1. The molecule has 156 valence electrons. The number of nitrogens with zero attached hydrogens (tertiary/aromatic N) is 4. The summed E-state index contributed by atoms with van der Waals surface area (Å²) >= 11 is 6.23. The third-order valence-corrected chi connectivity index (χ3v) is 6.70. The molecule has 0 spiro atoms. The zero-order chi connectivity index (χ0) is 20.5. The molecule has 3 heterocycles. The van der Waals surface area contributed by atoms with Crippen molar-refractivity contribution < 1.29 is 4.79 Å². The highest BCUT2D eigenvalue weighted by Gasteiger charge is 2.21. The van der Waals surface area contributed by atoms with Gasteiger partial charge in [0.1, 0.15) is 0 Å². The summed E-state index contributed by atoms with van der Waals surface area (Å²) in [6.07, 6.45) is 7.85. The van der Waals surface area contributed by atoms with Crippen LogP contribution in [0.25, 0.3) is 10.9 Å². The summed E-state index contributed by atoms with van der Waals surface area (Å²) in [7, 11) is 0. The summed E-state index contributed by atoms with van der Waals surface area (Å²) in [6, 6.07) is 10.0. The first-order chi connectivity index (χ1) is 14.7. The van der Waals surface area contributed by atoms with Crippen molar-refractivity contribution in [3.8, 4) is 0 Å². The van der Waals surface area contributed by atoms with E-state index < -0.39 is 0 Å². The van der Waals surface area contributed by atoms with Gasteiger partial charge in [-0.2, -0.15) is 0 Å². The summed E-state index contributed by atoms with van der Waals surface area (Å²) in [6.45, 7) is 6.24. The van der Waals surface area contributed by atoms with Crippen molar-refractivity contribution in [3.63, 3.8) is 0 Å². The second-order valence-corrected chi connectivity index (χ2v) is 8.76. The Balaban J connectivity index is 1.17. The molecule has 2 aromatic heterocycles. The molecule has 6 heteroatoms. The molecule has 1 aliphatic heterocycles. The van der Waals surface area contributed by atoms with E-state index in [1.807, 2.05) is 30.5 Å². The van der Waals surface area contributed by atoms with E-state index in [-0.39, 0.29) is 0 Å². The molecule has 5 nitrogen and oxygen atoms in total. The van der Waals surface area contributed by atoms with Gasteiger partial charge in [0.25, 0.3) is 0 Å². The molecular formula is C24H27ClN4O. The van der Waals surface area contributed by atoms with Crippen LogP contribution in [0.15, 0.2) is 42.7 Å². The first kappa shape index (κ1) is 19.6. The predicted octanol–water partition coefficient (Wildman–Crippen LogP) is 4.42. The Labute approximate surface area is 182 Å². The highest BCUT2D eigenvalue weighted by Crippen LogP contribution is 2.28. The highest BCUT2D eigenvalue weighted by molar-refractivity contribution is 6.31. The summed E-state index contributed by atoms with van der Waals surface area (Å²) in [5.41, 5.74) is 4.43. The molecule has 0 atom stereocenters. The molecule has 1 aliphatic carbocycles. The number of benzene rings is 1. The molecule has 2 aliphatic rings. The van der Waals surface area contributed by atoms with Gasteiger partial charge in [-0.3, -0.25) is 14.7 Å². The van der Waals surface area contributed by atoms with Gasteiger partial charge in [-0.15, -0.1) is 0 Å². The maximum atomic E-state index is 12.0. The smallest absolute Gasteiger partial charge is 0.164 e. The van der Waals surface area contributed by atoms with E-state index in [4.69, 9.17) is 11.6 Å². The second kappa shape index (κ2) is 8.40. The Kier molecular flexibility index (Phi) is 5.48. The van der Waals surface area contributed by atoms with Crippen LogP contribution in [-0.4, -0.2) is 53.0 Å². The predicted molar refractivity (Wildman–Crippen MR) is 122 cm³/mol. The lowest BCUT2D eigenvalue weighted by Gasteiger charge is -2.36. The number of aromatic nitrogens is 2. The number of rotatable bonds is 5. The fraction of sp³-hybridized carbons (Fsp3) is 0.417. The SMILES string of the molecule is O=C1CCCc2c1ccn2CCCN1CCN(c2ccnc3ccc(Cl)cc23)CC1. The zero-order valence-electron chi connectivity index (χ0n) is 17.2. The molecule has 0 saturated carbocycles. The number of halogens is 1. The van der Waals surface area contributed by atoms with Gasteiger partial charge in [0.2, 0.25) is 0 Å². The van der Waals surface area contributed by atoms with Gasteiger partial charge in [0.05, 0.1) is 5.52 Å². The van der Waals surface area contributed by atoms with E-state index in [0.29, 0.717) is 12.2 Å². The van der Waals surface area contributed by atoms with Crippen LogP contribution in [-0.2, 0) is 13.0 Å². The summed E-state index contributed by atoms with van der Waals surface area (Å²) in [5, 5.41) is 1.88. The summed E-state index contributed by atoms with van der Waals surface area (Å²) in [5.74, 6) is 0.316. The minimum absolute atomic E-state index is 0.316.